The molecule has 0 saturated carbocycles. The minimum absolute atomic E-state index is 0.00466. The molecule has 1 heterocycles. The number of aliphatic imine (C=N–C) groups is 1. The number of carbonyl (C=O) groups is 1. The van der Waals surface area contributed by atoms with Gasteiger partial charge in [-0.1, -0.05) is 13.8 Å². The van der Waals surface area contributed by atoms with Gasteiger partial charge in [0.2, 0.25) is 0 Å². The first kappa shape index (κ1) is 15.4. The molecule has 5 nitrogen and oxygen atoms in total. The van der Waals surface area contributed by atoms with E-state index < -0.39 is 11.5 Å². The van der Waals surface area contributed by atoms with E-state index in [1.807, 2.05) is 13.8 Å². The third-order valence-electron chi connectivity index (χ3n) is 2.51. The van der Waals surface area contributed by atoms with Gasteiger partial charge in [-0.3, -0.25) is 4.99 Å². The van der Waals surface area contributed by atoms with Crippen LogP contribution in [0.1, 0.15) is 26.3 Å². The fraction of sp³-hybridized carbons (Fsp3) is 0.385. The van der Waals surface area contributed by atoms with E-state index in [1.54, 1.807) is 0 Å². The Morgan fingerprint density at radius 2 is 2.00 bits per heavy atom. The predicted octanol–water partition coefficient (Wildman–Crippen LogP) is 2.46. The topological polar surface area (TPSA) is 90.1 Å². The number of carboxylic acid groups (broad SMARTS) is 1. The normalized spacial score (nSPS) is 21.3. The lowest BCUT2D eigenvalue weighted by molar-refractivity contribution is -0.141. The highest BCUT2D eigenvalue weighted by molar-refractivity contribution is 8.14. The van der Waals surface area contributed by atoms with Crippen molar-refractivity contribution in [2.45, 2.75) is 26.3 Å². The predicted molar refractivity (Wildman–Crippen MR) is 76.2 cm³/mol. The van der Waals surface area contributed by atoms with E-state index in [1.165, 1.54) is 36.9 Å². The molecule has 19 heavy (non-hydrogen) atoms. The van der Waals surface area contributed by atoms with Crippen LogP contribution in [0.4, 0.5) is 0 Å². The summed E-state index contributed by atoms with van der Waals surface area (Å²) < 4.78 is 0. The summed E-state index contributed by atoms with van der Waals surface area (Å²) in [6.07, 6.45) is 0. The molecule has 3 N–H and O–H groups in total. The van der Waals surface area contributed by atoms with Crippen LogP contribution in [0.25, 0.3) is 0 Å². The molecule has 2 rings (SSSR count). The highest BCUT2D eigenvalue weighted by atomic mass is 32.2. The Bertz CT molecular complexity index is 515. The second-order valence-electron chi connectivity index (χ2n) is 3.99. The molecule has 1 aromatic rings. The van der Waals surface area contributed by atoms with Gasteiger partial charge in [0.1, 0.15) is 16.5 Å². The molecule has 1 atom stereocenters. The Morgan fingerprint density at radius 1 is 1.37 bits per heavy atom. The van der Waals surface area contributed by atoms with Crippen molar-refractivity contribution in [3.8, 4) is 11.5 Å². The number of thioether (sulfide) groups is 1. The van der Waals surface area contributed by atoms with Gasteiger partial charge in [-0.15, -0.1) is 11.8 Å². The molecule has 0 saturated heterocycles. The lowest BCUT2D eigenvalue weighted by atomic mass is 10.1. The average molecular weight is 283 g/mol. The van der Waals surface area contributed by atoms with Crippen molar-refractivity contribution in [1.82, 2.24) is 0 Å². The molecule has 104 valence electrons. The first-order chi connectivity index (χ1) is 8.92. The molecule has 0 radical (unpaired) electrons. The van der Waals surface area contributed by atoms with Crippen LogP contribution in [0.2, 0.25) is 0 Å². The third-order valence-corrected chi connectivity index (χ3v) is 3.80. The van der Waals surface area contributed by atoms with Crippen LogP contribution in [-0.4, -0.2) is 37.6 Å². The van der Waals surface area contributed by atoms with Crippen molar-refractivity contribution in [2.75, 3.05) is 5.75 Å². The number of aliphatic carboxylic acids is 1. The zero-order valence-corrected chi connectivity index (χ0v) is 11.9. The Labute approximate surface area is 116 Å². The van der Waals surface area contributed by atoms with Crippen LogP contribution in [0, 0.1) is 0 Å². The number of benzene rings is 1. The van der Waals surface area contributed by atoms with Gasteiger partial charge in [-0.2, -0.15) is 0 Å². The summed E-state index contributed by atoms with van der Waals surface area (Å²) in [5.74, 6) is -0.708. The van der Waals surface area contributed by atoms with Crippen molar-refractivity contribution in [2.24, 2.45) is 4.99 Å². The molecule has 0 bridgehead atoms. The number of aromatic hydroxyl groups is 2. The zero-order valence-electron chi connectivity index (χ0n) is 11.0. The Morgan fingerprint density at radius 3 is 2.53 bits per heavy atom. The van der Waals surface area contributed by atoms with Gasteiger partial charge in [-0.25, -0.2) is 4.79 Å². The largest absolute Gasteiger partial charge is 0.508 e. The summed E-state index contributed by atoms with van der Waals surface area (Å²) in [7, 11) is 0. The van der Waals surface area contributed by atoms with Crippen molar-refractivity contribution in [3.63, 3.8) is 0 Å². The van der Waals surface area contributed by atoms with Gasteiger partial charge in [0.25, 0.3) is 0 Å². The smallest absolute Gasteiger partial charge is 0.332 e. The monoisotopic (exact) mass is 283 g/mol. The van der Waals surface area contributed by atoms with Crippen LogP contribution in [-0.2, 0) is 4.79 Å². The van der Waals surface area contributed by atoms with Crippen LogP contribution in [0.15, 0.2) is 23.2 Å². The first-order valence-electron chi connectivity index (χ1n) is 5.91. The molecule has 0 aliphatic carbocycles. The van der Waals surface area contributed by atoms with Crippen molar-refractivity contribution in [3.05, 3.63) is 23.8 Å². The van der Waals surface area contributed by atoms with Gasteiger partial charge in [0.05, 0.1) is 5.56 Å². The molecule has 1 aliphatic heterocycles. The average Bonchev–Trinajstić information content (AvgIpc) is 2.79. The second kappa shape index (κ2) is 5.97. The van der Waals surface area contributed by atoms with Gasteiger partial charge in [0.15, 0.2) is 5.54 Å². The lowest BCUT2D eigenvalue weighted by Crippen LogP contribution is -2.33. The number of carboxylic acids is 1. The lowest BCUT2D eigenvalue weighted by Gasteiger charge is -2.11. The molecule has 0 fully saturated rings. The van der Waals surface area contributed by atoms with Gasteiger partial charge in [-0.05, 0) is 25.1 Å². The highest BCUT2D eigenvalue weighted by Crippen LogP contribution is 2.35. The summed E-state index contributed by atoms with van der Waals surface area (Å²) in [4.78, 5) is 15.1. The quantitative estimate of drug-likeness (QED) is 0.725. The van der Waals surface area contributed by atoms with Crippen LogP contribution >= 0.6 is 11.8 Å². The Kier molecular flexibility index (Phi) is 4.83. The first-order valence-corrected chi connectivity index (χ1v) is 6.89. The Balaban J connectivity index is 0.000000861. The summed E-state index contributed by atoms with van der Waals surface area (Å²) in [6.45, 7) is 5.52. The summed E-state index contributed by atoms with van der Waals surface area (Å²) >= 11 is 1.25. The van der Waals surface area contributed by atoms with Gasteiger partial charge >= 0.3 is 5.97 Å². The molecule has 6 heteroatoms. The fourth-order valence-electron chi connectivity index (χ4n) is 1.44. The third kappa shape index (κ3) is 3.20. The fourth-order valence-corrected chi connectivity index (χ4v) is 2.63. The van der Waals surface area contributed by atoms with Gasteiger partial charge < -0.3 is 15.3 Å². The SMILES string of the molecule is CC.C[C@]1(C(=O)O)CSC(c2cc(O)ccc2O)=N1. The van der Waals surface area contributed by atoms with Crippen LogP contribution in [0.3, 0.4) is 0 Å². The number of rotatable bonds is 2. The maximum absolute atomic E-state index is 11.0. The molecular formula is C13H17NO4S. The van der Waals surface area contributed by atoms with E-state index in [0.717, 1.165) is 0 Å². The van der Waals surface area contributed by atoms with E-state index >= 15 is 0 Å². The molecule has 1 aromatic carbocycles. The van der Waals surface area contributed by atoms with Crippen LogP contribution in [0.5, 0.6) is 11.5 Å². The minimum Gasteiger partial charge on any atom is -0.508 e. The minimum atomic E-state index is -1.17. The van der Waals surface area contributed by atoms with E-state index in [0.29, 0.717) is 16.4 Å². The van der Waals surface area contributed by atoms with E-state index in [4.69, 9.17) is 5.11 Å². The maximum Gasteiger partial charge on any atom is 0.332 e. The van der Waals surface area contributed by atoms with Crippen molar-refractivity contribution >= 4 is 22.8 Å². The molecule has 0 unspecified atom stereocenters. The summed E-state index contributed by atoms with van der Waals surface area (Å²) in [5, 5.41) is 28.5. The molecule has 1 aliphatic rings. The molecule has 0 aromatic heterocycles. The van der Waals surface area contributed by atoms with Crippen molar-refractivity contribution < 1.29 is 20.1 Å². The molecule has 0 amide bonds. The number of phenols is 2. The van der Waals surface area contributed by atoms with Gasteiger partial charge in [0, 0.05) is 5.75 Å². The second-order valence-corrected chi connectivity index (χ2v) is 4.95. The summed E-state index contributed by atoms with van der Waals surface area (Å²) in [5.41, 5.74) is -0.808. The molecule has 0 spiro atoms. The standard InChI is InChI=1S/C11H11NO4S.C2H6/c1-11(10(15)16)5-17-9(12-11)7-4-6(13)2-3-8(7)14;1-2/h2-4,13-14H,5H2,1H3,(H,15,16);1-2H3/t11-;/m1./s1. The highest BCUT2D eigenvalue weighted by Gasteiger charge is 2.39. The summed E-state index contributed by atoms with van der Waals surface area (Å²) in [6, 6.07) is 4.08. The zero-order chi connectivity index (χ0) is 14.6. The van der Waals surface area contributed by atoms with Crippen LogP contribution < -0.4 is 0 Å². The van der Waals surface area contributed by atoms with E-state index in [-0.39, 0.29) is 11.5 Å². The van der Waals surface area contributed by atoms with E-state index in [9.17, 15) is 15.0 Å². The number of phenolic OH excluding ortho intramolecular Hbond substituents is 2. The Hall–Kier alpha value is -1.69. The number of nitrogens with zero attached hydrogens (tertiary/aromatic N) is 1. The number of hydrogen-bond donors (Lipinski definition) is 3. The van der Waals surface area contributed by atoms with E-state index in [2.05, 4.69) is 4.99 Å². The number of hydrogen-bond acceptors (Lipinski definition) is 5. The maximum atomic E-state index is 11.0. The van der Waals surface area contributed by atoms with Crippen molar-refractivity contribution in [1.29, 1.82) is 0 Å². The molecular weight excluding hydrogens is 266 g/mol.